The molecule has 0 saturated heterocycles. The standard InChI is InChI=1S/C10H12N4S/c11-14-9(12-13-10(14)15)7-6-8-4-2-1-3-5-8/h1-5H,6-7,11H2,(H,13,15). The smallest absolute Gasteiger partial charge is 0.214 e. The molecule has 0 spiro atoms. The summed E-state index contributed by atoms with van der Waals surface area (Å²) in [5, 5.41) is 6.72. The molecular formula is C10H12N4S. The summed E-state index contributed by atoms with van der Waals surface area (Å²) in [5.74, 6) is 6.47. The van der Waals surface area contributed by atoms with Crippen molar-refractivity contribution in [1.29, 1.82) is 0 Å². The van der Waals surface area contributed by atoms with Gasteiger partial charge in [-0.3, -0.25) is 5.10 Å². The van der Waals surface area contributed by atoms with E-state index in [0.29, 0.717) is 4.77 Å². The first-order valence-electron chi connectivity index (χ1n) is 4.72. The van der Waals surface area contributed by atoms with Crippen LogP contribution in [0.25, 0.3) is 0 Å². The van der Waals surface area contributed by atoms with Crippen LogP contribution in [0.1, 0.15) is 11.4 Å². The molecule has 5 heteroatoms. The van der Waals surface area contributed by atoms with E-state index in [2.05, 4.69) is 22.3 Å². The molecule has 0 aliphatic heterocycles. The number of aryl methyl sites for hydroxylation is 2. The molecule has 0 atom stereocenters. The fraction of sp³-hybridized carbons (Fsp3) is 0.200. The molecular weight excluding hydrogens is 208 g/mol. The van der Waals surface area contributed by atoms with E-state index in [-0.39, 0.29) is 0 Å². The molecule has 0 amide bonds. The number of hydrogen-bond acceptors (Lipinski definition) is 3. The van der Waals surface area contributed by atoms with E-state index < -0.39 is 0 Å². The Labute approximate surface area is 92.7 Å². The number of aromatic nitrogens is 3. The molecule has 0 bridgehead atoms. The number of aromatic amines is 1. The monoisotopic (exact) mass is 220 g/mol. The van der Waals surface area contributed by atoms with Gasteiger partial charge in [-0.2, -0.15) is 5.10 Å². The zero-order valence-corrected chi connectivity index (χ0v) is 9.00. The van der Waals surface area contributed by atoms with Crippen LogP contribution in [0.5, 0.6) is 0 Å². The largest absolute Gasteiger partial charge is 0.335 e. The van der Waals surface area contributed by atoms with Gasteiger partial charge in [-0.1, -0.05) is 30.3 Å². The first kappa shape index (κ1) is 9.92. The SMILES string of the molecule is Nn1c(CCc2ccccc2)n[nH]c1=S. The third-order valence-corrected chi connectivity index (χ3v) is 2.55. The first-order chi connectivity index (χ1) is 7.27. The van der Waals surface area contributed by atoms with Crippen LogP contribution < -0.4 is 5.84 Å². The Balaban J connectivity index is 2.06. The summed E-state index contributed by atoms with van der Waals surface area (Å²) in [5.41, 5.74) is 1.27. The summed E-state index contributed by atoms with van der Waals surface area (Å²) >= 11 is 4.92. The summed E-state index contributed by atoms with van der Waals surface area (Å²) in [6, 6.07) is 10.2. The molecule has 2 aromatic rings. The number of benzene rings is 1. The summed E-state index contributed by atoms with van der Waals surface area (Å²) in [6.45, 7) is 0. The summed E-state index contributed by atoms with van der Waals surface area (Å²) in [7, 11) is 0. The second-order valence-corrected chi connectivity index (χ2v) is 3.69. The Morgan fingerprint density at radius 1 is 1.27 bits per heavy atom. The van der Waals surface area contributed by atoms with Crippen molar-refractivity contribution < 1.29 is 0 Å². The van der Waals surface area contributed by atoms with Gasteiger partial charge in [0, 0.05) is 6.42 Å². The molecule has 0 aliphatic rings. The Morgan fingerprint density at radius 2 is 2.00 bits per heavy atom. The normalized spacial score (nSPS) is 10.4. The van der Waals surface area contributed by atoms with Crippen LogP contribution in [-0.2, 0) is 12.8 Å². The van der Waals surface area contributed by atoms with Crippen LogP contribution >= 0.6 is 12.2 Å². The van der Waals surface area contributed by atoms with Crippen molar-refractivity contribution in [2.45, 2.75) is 12.8 Å². The third kappa shape index (κ3) is 2.24. The van der Waals surface area contributed by atoms with Crippen molar-refractivity contribution in [2.75, 3.05) is 5.84 Å². The predicted octanol–water partition coefficient (Wildman–Crippen LogP) is 1.44. The maximum Gasteiger partial charge on any atom is 0.214 e. The minimum absolute atomic E-state index is 0.457. The van der Waals surface area contributed by atoms with E-state index in [4.69, 9.17) is 18.1 Å². The fourth-order valence-corrected chi connectivity index (χ4v) is 1.57. The van der Waals surface area contributed by atoms with Gasteiger partial charge >= 0.3 is 0 Å². The summed E-state index contributed by atoms with van der Waals surface area (Å²) in [6.07, 6.45) is 1.70. The van der Waals surface area contributed by atoms with E-state index in [1.54, 1.807) is 0 Å². The van der Waals surface area contributed by atoms with Crippen LogP contribution in [0.2, 0.25) is 0 Å². The number of H-pyrrole nitrogens is 1. The number of rotatable bonds is 3. The van der Waals surface area contributed by atoms with Crippen LogP contribution in [0, 0.1) is 4.77 Å². The lowest BCUT2D eigenvalue weighted by Crippen LogP contribution is -2.13. The van der Waals surface area contributed by atoms with Gasteiger partial charge in [0.05, 0.1) is 0 Å². The second-order valence-electron chi connectivity index (χ2n) is 3.30. The lowest BCUT2D eigenvalue weighted by atomic mass is 10.1. The highest BCUT2D eigenvalue weighted by Gasteiger charge is 2.02. The molecule has 2 rings (SSSR count). The molecule has 0 aliphatic carbocycles. The maximum absolute atomic E-state index is 5.69. The van der Waals surface area contributed by atoms with Crippen molar-refractivity contribution in [3.63, 3.8) is 0 Å². The van der Waals surface area contributed by atoms with Gasteiger partial charge in [0.25, 0.3) is 0 Å². The topological polar surface area (TPSA) is 59.6 Å². The number of nitrogens with two attached hydrogens (primary N) is 1. The van der Waals surface area contributed by atoms with Gasteiger partial charge in [0.1, 0.15) is 0 Å². The molecule has 0 fully saturated rings. The number of hydrogen-bond donors (Lipinski definition) is 2. The average Bonchev–Trinajstić information content (AvgIpc) is 2.59. The quantitative estimate of drug-likeness (QED) is 0.608. The van der Waals surface area contributed by atoms with Crippen molar-refractivity contribution in [3.05, 3.63) is 46.5 Å². The summed E-state index contributed by atoms with van der Waals surface area (Å²) < 4.78 is 1.87. The molecule has 1 aromatic heterocycles. The maximum atomic E-state index is 5.69. The molecule has 4 nitrogen and oxygen atoms in total. The van der Waals surface area contributed by atoms with Crippen LogP contribution in [0.4, 0.5) is 0 Å². The van der Waals surface area contributed by atoms with Crippen LogP contribution in [0.15, 0.2) is 30.3 Å². The first-order valence-corrected chi connectivity index (χ1v) is 5.13. The lowest BCUT2D eigenvalue weighted by Gasteiger charge is -2.00. The number of nitrogen functional groups attached to an aromatic ring is 1. The van der Waals surface area contributed by atoms with E-state index in [1.165, 1.54) is 10.2 Å². The highest BCUT2D eigenvalue weighted by molar-refractivity contribution is 7.71. The molecule has 78 valence electrons. The Kier molecular flexibility index (Phi) is 2.82. The van der Waals surface area contributed by atoms with Gasteiger partial charge in [-0.15, -0.1) is 0 Å². The molecule has 3 N–H and O–H groups in total. The summed E-state index contributed by atoms with van der Waals surface area (Å²) in [4.78, 5) is 0. The highest BCUT2D eigenvalue weighted by atomic mass is 32.1. The van der Waals surface area contributed by atoms with Crippen molar-refractivity contribution in [3.8, 4) is 0 Å². The molecule has 1 aromatic carbocycles. The number of nitrogens with one attached hydrogen (secondary N) is 1. The van der Waals surface area contributed by atoms with Gasteiger partial charge in [0.15, 0.2) is 5.82 Å². The molecule has 0 radical (unpaired) electrons. The predicted molar refractivity (Wildman–Crippen MR) is 61.4 cm³/mol. The van der Waals surface area contributed by atoms with Crippen molar-refractivity contribution in [1.82, 2.24) is 14.9 Å². The lowest BCUT2D eigenvalue weighted by molar-refractivity contribution is 0.799. The van der Waals surface area contributed by atoms with Gasteiger partial charge in [0.2, 0.25) is 4.77 Å². The van der Waals surface area contributed by atoms with Crippen molar-refractivity contribution >= 4 is 12.2 Å². The average molecular weight is 220 g/mol. The van der Waals surface area contributed by atoms with Crippen LogP contribution in [-0.4, -0.2) is 14.9 Å². The third-order valence-electron chi connectivity index (χ3n) is 2.26. The van der Waals surface area contributed by atoms with E-state index in [1.807, 2.05) is 18.2 Å². The van der Waals surface area contributed by atoms with Gasteiger partial charge in [-0.25, -0.2) is 4.68 Å². The van der Waals surface area contributed by atoms with Crippen molar-refractivity contribution in [2.24, 2.45) is 0 Å². The highest BCUT2D eigenvalue weighted by Crippen LogP contribution is 2.03. The molecule has 0 unspecified atom stereocenters. The minimum Gasteiger partial charge on any atom is -0.335 e. The Morgan fingerprint density at radius 3 is 2.60 bits per heavy atom. The van der Waals surface area contributed by atoms with E-state index >= 15 is 0 Å². The zero-order valence-electron chi connectivity index (χ0n) is 8.18. The second kappa shape index (κ2) is 4.27. The van der Waals surface area contributed by atoms with Gasteiger partial charge < -0.3 is 5.84 Å². The molecule has 0 saturated carbocycles. The Bertz CT molecular complexity index is 486. The molecule has 15 heavy (non-hydrogen) atoms. The number of nitrogens with zero attached hydrogens (tertiary/aromatic N) is 2. The van der Waals surface area contributed by atoms with Crippen LogP contribution in [0.3, 0.4) is 0 Å². The minimum atomic E-state index is 0.457. The molecule has 1 heterocycles. The van der Waals surface area contributed by atoms with Gasteiger partial charge in [-0.05, 0) is 24.2 Å². The zero-order chi connectivity index (χ0) is 10.7. The van der Waals surface area contributed by atoms with E-state index in [9.17, 15) is 0 Å². The van der Waals surface area contributed by atoms with E-state index in [0.717, 1.165) is 18.7 Å². The Hall–Kier alpha value is -1.62. The fourth-order valence-electron chi connectivity index (χ4n) is 1.41.